The van der Waals surface area contributed by atoms with Gasteiger partial charge < -0.3 is 0 Å². The van der Waals surface area contributed by atoms with Crippen LogP contribution in [-0.4, -0.2) is 9.78 Å². The Morgan fingerprint density at radius 1 is 1.43 bits per heavy atom. The van der Waals surface area contributed by atoms with Gasteiger partial charge in [0.25, 0.3) is 0 Å². The van der Waals surface area contributed by atoms with E-state index in [1.807, 2.05) is 48.3 Å². The van der Waals surface area contributed by atoms with Gasteiger partial charge in [0.1, 0.15) is 0 Å². The molecule has 14 heavy (non-hydrogen) atoms. The molecule has 1 aromatic carbocycles. The van der Waals surface area contributed by atoms with Crippen LogP contribution in [0.4, 0.5) is 0 Å². The van der Waals surface area contributed by atoms with E-state index in [2.05, 4.69) is 5.10 Å². The largest absolute Gasteiger partial charge is 0.268 e. The van der Waals surface area contributed by atoms with E-state index in [-0.39, 0.29) is 0 Å². The molecule has 0 aliphatic carbocycles. The van der Waals surface area contributed by atoms with Crippen LogP contribution >= 0.6 is 11.6 Å². The summed E-state index contributed by atoms with van der Waals surface area (Å²) >= 11 is 5.89. The van der Waals surface area contributed by atoms with Crippen LogP contribution in [0.25, 0.3) is 0 Å². The minimum Gasteiger partial charge on any atom is -0.268 e. The Kier molecular flexibility index (Phi) is 2.55. The number of benzene rings is 1. The first-order valence-electron chi connectivity index (χ1n) is 4.47. The van der Waals surface area contributed by atoms with Gasteiger partial charge in [-0.05, 0) is 30.2 Å². The Bertz CT molecular complexity index is 434. The van der Waals surface area contributed by atoms with Crippen LogP contribution in [0.1, 0.15) is 11.1 Å². The number of halogens is 1. The summed E-state index contributed by atoms with van der Waals surface area (Å²) in [6.07, 6.45) is 3.87. The molecule has 0 N–H and O–H groups in total. The second-order valence-corrected chi connectivity index (χ2v) is 3.78. The van der Waals surface area contributed by atoms with Crippen molar-refractivity contribution in [1.82, 2.24) is 9.78 Å². The lowest BCUT2D eigenvalue weighted by Crippen LogP contribution is -1.99. The Balaban J connectivity index is 2.18. The zero-order valence-electron chi connectivity index (χ0n) is 7.94. The summed E-state index contributed by atoms with van der Waals surface area (Å²) in [4.78, 5) is 0. The van der Waals surface area contributed by atoms with Crippen LogP contribution < -0.4 is 0 Å². The minimum atomic E-state index is 0.770. The zero-order valence-corrected chi connectivity index (χ0v) is 8.70. The van der Waals surface area contributed by atoms with Crippen LogP contribution in [0.15, 0.2) is 36.7 Å². The fraction of sp³-hybridized carbons (Fsp3) is 0.182. The molecule has 72 valence electrons. The Morgan fingerprint density at radius 2 is 2.29 bits per heavy atom. The highest BCUT2D eigenvalue weighted by Gasteiger charge is 1.97. The predicted octanol–water partition coefficient (Wildman–Crippen LogP) is 2.89. The molecule has 0 unspecified atom stereocenters. The van der Waals surface area contributed by atoms with Gasteiger partial charge in [-0.3, -0.25) is 4.68 Å². The van der Waals surface area contributed by atoms with E-state index in [0.717, 1.165) is 11.6 Å². The number of hydrogen-bond donors (Lipinski definition) is 0. The quantitative estimate of drug-likeness (QED) is 0.739. The van der Waals surface area contributed by atoms with Crippen molar-refractivity contribution in [3.05, 3.63) is 52.8 Å². The van der Waals surface area contributed by atoms with Crippen molar-refractivity contribution in [1.29, 1.82) is 0 Å². The fourth-order valence-corrected chi connectivity index (χ4v) is 1.59. The second-order valence-electron chi connectivity index (χ2n) is 3.35. The lowest BCUT2D eigenvalue weighted by Gasteiger charge is -2.01. The number of aromatic nitrogens is 2. The maximum absolute atomic E-state index is 5.89. The molecule has 0 atom stereocenters. The molecule has 0 bridgehead atoms. The molecule has 0 radical (unpaired) electrons. The van der Waals surface area contributed by atoms with Gasteiger partial charge in [-0.15, -0.1) is 0 Å². The lowest BCUT2D eigenvalue weighted by molar-refractivity contribution is 0.686. The first-order valence-corrected chi connectivity index (χ1v) is 4.85. The third-order valence-electron chi connectivity index (χ3n) is 2.00. The van der Waals surface area contributed by atoms with E-state index < -0.39 is 0 Å². The molecule has 0 aliphatic rings. The average Bonchev–Trinajstić information content (AvgIpc) is 2.51. The molecule has 0 saturated carbocycles. The molecule has 2 aromatic rings. The van der Waals surface area contributed by atoms with Gasteiger partial charge in [0.15, 0.2) is 0 Å². The van der Waals surface area contributed by atoms with E-state index in [0.29, 0.717) is 0 Å². The van der Waals surface area contributed by atoms with Gasteiger partial charge in [-0.25, -0.2) is 0 Å². The first-order chi connectivity index (χ1) is 6.74. The number of nitrogens with zero attached hydrogens (tertiary/aromatic N) is 2. The fourth-order valence-electron chi connectivity index (χ4n) is 1.38. The van der Waals surface area contributed by atoms with Gasteiger partial charge in [0, 0.05) is 11.2 Å². The maximum atomic E-state index is 5.89. The molecular formula is C11H11ClN2. The molecular weight excluding hydrogens is 196 g/mol. The molecule has 0 saturated heterocycles. The molecule has 2 nitrogen and oxygen atoms in total. The molecule has 1 aromatic heterocycles. The standard InChI is InChI=1S/C11H11ClN2/c1-9-6-13-14(7-9)8-10-3-2-4-11(12)5-10/h2-7H,8H2,1H3. The summed E-state index contributed by atoms with van der Waals surface area (Å²) in [5.41, 5.74) is 2.34. The van der Waals surface area contributed by atoms with Gasteiger partial charge in [-0.2, -0.15) is 5.10 Å². The normalized spacial score (nSPS) is 10.4. The number of aryl methyl sites for hydroxylation is 1. The molecule has 2 rings (SSSR count). The summed E-state index contributed by atoms with van der Waals surface area (Å²) in [5, 5.41) is 4.98. The third-order valence-corrected chi connectivity index (χ3v) is 2.23. The summed E-state index contributed by atoms with van der Waals surface area (Å²) in [7, 11) is 0. The average molecular weight is 207 g/mol. The van der Waals surface area contributed by atoms with Crippen molar-refractivity contribution >= 4 is 11.6 Å². The van der Waals surface area contributed by atoms with Crippen LogP contribution in [0.2, 0.25) is 5.02 Å². The van der Waals surface area contributed by atoms with Crippen LogP contribution in [0.3, 0.4) is 0 Å². The van der Waals surface area contributed by atoms with Gasteiger partial charge >= 0.3 is 0 Å². The van der Waals surface area contributed by atoms with Gasteiger partial charge in [0.2, 0.25) is 0 Å². The van der Waals surface area contributed by atoms with Gasteiger partial charge in [0.05, 0.1) is 12.7 Å². The highest BCUT2D eigenvalue weighted by atomic mass is 35.5. The van der Waals surface area contributed by atoms with Crippen molar-refractivity contribution in [2.24, 2.45) is 0 Å². The summed E-state index contributed by atoms with van der Waals surface area (Å²) in [6.45, 7) is 2.80. The monoisotopic (exact) mass is 206 g/mol. The molecule has 0 aliphatic heterocycles. The Morgan fingerprint density at radius 3 is 2.93 bits per heavy atom. The van der Waals surface area contributed by atoms with E-state index >= 15 is 0 Å². The topological polar surface area (TPSA) is 17.8 Å². The second kappa shape index (κ2) is 3.84. The van der Waals surface area contributed by atoms with Crippen molar-refractivity contribution in [2.45, 2.75) is 13.5 Å². The minimum absolute atomic E-state index is 0.770. The predicted molar refractivity (Wildman–Crippen MR) is 57.5 cm³/mol. The van der Waals surface area contributed by atoms with Crippen LogP contribution in [0, 0.1) is 6.92 Å². The van der Waals surface area contributed by atoms with Gasteiger partial charge in [-0.1, -0.05) is 23.7 Å². The van der Waals surface area contributed by atoms with Crippen molar-refractivity contribution < 1.29 is 0 Å². The molecule has 3 heteroatoms. The molecule has 0 amide bonds. The molecule has 1 heterocycles. The van der Waals surface area contributed by atoms with Crippen LogP contribution in [-0.2, 0) is 6.54 Å². The smallest absolute Gasteiger partial charge is 0.0659 e. The van der Waals surface area contributed by atoms with Crippen molar-refractivity contribution in [3.63, 3.8) is 0 Å². The van der Waals surface area contributed by atoms with E-state index in [4.69, 9.17) is 11.6 Å². The van der Waals surface area contributed by atoms with E-state index in [1.165, 1.54) is 11.1 Å². The maximum Gasteiger partial charge on any atom is 0.0659 e. The number of hydrogen-bond acceptors (Lipinski definition) is 1. The van der Waals surface area contributed by atoms with Crippen molar-refractivity contribution in [2.75, 3.05) is 0 Å². The highest BCUT2D eigenvalue weighted by molar-refractivity contribution is 6.30. The summed E-state index contributed by atoms with van der Waals surface area (Å²) < 4.78 is 1.90. The summed E-state index contributed by atoms with van der Waals surface area (Å²) in [6, 6.07) is 7.83. The molecule has 0 spiro atoms. The first kappa shape index (κ1) is 9.28. The SMILES string of the molecule is Cc1cnn(Cc2cccc(Cl)c2)c1. The zero-order chi connectivity index (χ0) is 9.97. The third kappa shape index (κ3) is 2.15. The Hall–Kier alpha value is -1.28. The Labute approximate surface area is 88.1 Å². The van der Waals surface area contributed by atoms with E-state index in [9.17, 15) is 0 Å². The summed E-state index contributed by atoms with van der Waals surface area (Å²) in [5.74, 6) is 0. The van der Waals surface area contributed by atoms with Crippen LogP contribution in [0.5, 0.6) is 0 Å². The molecule has 0 fully saturated rings. The number of rotatable bonds is 2. The van der Waals surface area contributed by atoms with Crippen molar-refractivity contribution in [3.8, 4) is 0 Å². The highest BCUT2D eigenvalue weighted by Crippen LogP contribution is 2.11. The van der Waals surface area contributed by atoms with E-state index in [1.54, 1.807) is 0 Å². The lowest BCUT2D eigenvalue weighted by atomic mass is 10.2.